The lowest BCUT2D eigenvalue weighted by Crippen LogP contribution is -3.28. The Kier molecular flexibility index (Phi) is 6.15. The van der Waals surface area contributed by atoms with E-state index in [1.54, 1.807) is 9.80 Å². The van der Waals surface area contributed by atoms with Gasteiger partial charge < -0.3 is 9.80 Å². The Morgan fingerprint density at radius 3 is 2.44 bits per heavy atom. The Labute approximate surface area is 150 Å². The zero-order chi connectivity index (χ0) is 17.6. The van der Waals surface area contributed by atoms with Crippen molar-refractivity contribution in [2.75, 3.05) is 32.7 Å². The van der Waals surface area contributed by atoms with Crippen molar-refractivity contribution in [1.82, 2.24) is 20.2 Å². The van der Waals surface area contributed by atoms with Crippen molar-refractivity contribution in [2.24, 2.45) is 5.92 Å². The van der Waals surface area contributed by atoms with Gasteiger partial charge in [-0.3, -0.25) is 0 Å². The highest BCUT2D eigenvalue weighted by Gasteiger charge is 2.34. The lowest BCUT2D eigenvalue weighted by atomic mass is 10.0. The van der Waals surface area contributed by atoms with Gasteiger partial charge in [-0.15, -0.1) is 5.10 Å². The molecule has 0 bridgehead atoms. The van der Waals surface area contributed by atoms with E-state index in [-0.39, 0.29) is 0 Å². The fraction of sp³-hybridized carbons (Fsp3) is 0.632. The minimum Gasteiger partial charge on any atom is -0.326 e. The number of rotatable bonds is 7. The van der Waals surface area contributed by atoms with Crippen LogP contribution in [-0.4, -0.2) is 52.9 Å². The number of quaternary nitrogens is 2. The van der Waals surface area contributed by atoms with Crippen molar-refractivity contribution in [1.29, 1.82) is 0 Å². The maximum absolute atomic E-state index is 4.45. The molecule has 1 aromatic carbocycles. The summed E-state index contributed by atoms with van der Waals surface area (Å²) in [6.45, 7) is 13.8. The van der Waals surface area contributed by atoms with E-state index < -0.39 is 0 Å². The third kappa shape index (κ3) is 4.64. The Morgan fingerprint density at radius 2 is 1.80 bits per heavy atom. The van der Waals surface area contributed by atoms with Crippen LogP contribution >= 0.6 is 0 Å². The van der Waals surface area contributed by atoms with Gasteiger partial charge in [0.15, 0.2) is 6.04 Å². The SMILES string of the molecule is CC[NH+]1CC[NH+]([C@H](CC(C)C)c2nnnn2Cc2ccccc2)CC1. The van der Waals surface area contributed by atoms with Crippen molar-refractivity contribution in [2.45, 2.75) is 39.8 Å². The van der Waals surface area contributed by atoms with Crippen LogP contribution in [0.2, 0.25) is 0 Å². The molecule has 3 rings (SSSR count). The second-order valence-electron chi connectivity index (χ2n) is 7.62. The quantitative estimate of drug-likeness (QED) is 0.719. The van der Waals surface area contributed by atoms with Crippen LogP contribution in [0.15, 0.2) is 30.3 Å². The summed E-state index contributed by atoms with van der Waals surface area (Å²) in [4.78, 5) is 3.37. The molecule has 136 valence electrons. The third-order valence-corrected chi connectivity index (χ3v) is 5.35. The molecule has 0 radical (unpaired) electrons. The number of aromatic nitrogens is 4. The Hall–Kier alpha value is -1.79. The van der Waals surface area contributed by atoms with Gasteiger partial charge in [-0.25, -0.2) is 4.68 Å². The van der Waals surface area contributed by atoms with E-state index in [2.05, 4.69) is 60.6 Å². The van der Waals surface area contributed by atoms with Gasteiger partial charge in [0.1, 0.15) is 26.2 Å². The smallest absolute Gasteiger partial charge is 0.209 e. The minimum absolute atomic E-state index is 0.386. The average Bonchev–Trinajstić information content (AvgIpc) is 3.08. The molecule has 0 spiro atoms. The van der Waals surface area contributed by atoms with Crippen LogP contribution in [0.3, 0.4) is 0 Å². The number of hydrogen-bond acceptors (Lipinski definition) is 3. The summed E-state index contributed by atoms with van der Waals surface area (Å²) < 4.78 is 2.01. The number of tetrazole rings is 1. The zero-order valence-corrected chi connectivity index (χ0v) is 15.8. The lowest BCUT2D eigenvalue weighted by Gasteiger charge is -2.34. The molecule has 6 nitrogen and oxygen atoms in total. The van der Waals surface area contributed by atoms with E-state index in [9.17, 15) is 0 Å². The molecule has 1 atom stereocenters. The molecule has 0 unspecified atom stereocenters. The highest BCUT2D eigenvalue weighted by atomic mass is 15.6. The summed E-state index contributed by atoms with van der Waals surface area (Å²) in [7, 11) is 0. The predicted molar refractivity (Wildman–Crippen MR) is 97.5 cm³/mol. The first-order valence-electron chi connectivity index (χ1n) is 9.65. The van der Waals surface area contributed by atoms with E-state index in [1.165, 1.54) is 38.3 Å². The van der Waals surface area contributed by atoms with Crippen LogP contribution in [0.5, 0.6) is 0 Å². The molecule has 0 saturated carbocycles. The molecule has 25 heavy (non-hydrogen) atoms. The second-order valence-corrected chi connectivity index (χ2v) is 7.62. The Bertz CT molecular complexity index is 630. The van der Waals surface area contributed by atoms with Crippen LogP contribution in [0, 0.1) is 5.92 Å². The molecular formula is C19H32N6+2. The summed E-state index contributed by atoms with van der Waals surface area (Å²) in [6, 6.07) is 10.9. The minimum atomic E-state index is 0.386. The van der Waals surface area contributed by atoms with E-state index in [1.807, 2.05) is 10.7 Å². The fourth-order valence-corrected chi connectivity index (χ4v) is 3.88. The molecule has 1 fully saturated rings. The number of nitrogens with one attached hydrogen (secondary N) is 2. The van der Waals surface area contributed by atoms with Gasteiger partial charge in [0.2, 0.25) is 5.82 Å². The topological polar surface area (TPSA) is 52.5 Å². The molecule has 1 aromatic heterocycles. The first kappa shape index (κ1) is 18.0. The summed E-state index contributed by atoms with van der Waals surface area (Å²) in [5.41, 5.74) is 1.24. The highest BCUT2D eigenvalue weighted by molar-refractivity contribution is 5.15. The summed E-state index contributed by atoms with van der Waals surface area (Å²) in [5, 5.41) is 12.8. The summed E-state index contributed by atoms with van der Waals surface area (Å²) in [5.74, 6) is 1.68. The van der Waals surface area contributed by atoms with Crippen molar-refractivity contribution >= 4 is 0 Å². The average molecular weight is 345 g/mol. The first-order chi connectivity index (χ1) is 12.2. The van der Waals surface area contributed by atoms with Gasteiger partial charge in [0.05, 0.1) is 13.1 Å². The number of nitrogens with zero attached hydrogens (tertiary/aromatic N) is 4. The third-order valence-electron chi connectivity index (χ3n) is 5.35. The molecule has 2 aromatic rings. The number of piperazine rings is 1. The van der Waals surface area contributed by atoms with E-state index >= 15 is 0 Å². The second kappa shape index (κ2) is 8.54. The van der Waals surface area contributed by atoms with Crippen LogP contribution in [0.1, 0.15) is 44.6 Å². The van der Waals surface area contributed by atoms with E-state index in [4.69, 9.17) is 0 Å². The Balaban J connectivity index is 1.79. The summed E-state index contributed by atoms with van der Waals surface area (Å²) >= 11 is 0. The monoisotopic (exact) mass is 344 g/mol. The molecule has 6 heteroatoms. The van der Waals surface area contributed by atoms with Gasteiger partial charge in [-0.05, 0) is 28.8 Å². The van der Waals surface area contributed by atoms with Crippen molar-refractivity contribution in [3.8, 4) is 0 Å². The van der Waals surface area contributed by atoms with Crippen LogP contribution in [-0.2, 0) is 6.54 Å². The van der Waals surface area contributed by atoms with Crippen molar-refractivity contribution < 1.29 is 9.80 Å². The molecule has 0 amide bonds. The van der Waals surface area contributed by atoms with Gasteiger partial charge in [0, 0.05) is 6.42 Å². The highest BCUT2D eigenvalue weighted by Crippen LogP contribution is 2.17. The number of likely N-dealkylation sites (N-methyl/N-ethyl adjacent to an activating group) is 1. The van der Waals surface area contributed by atoms with Crippen LogP contribution in [0.25, 0.3) is 0 Å². The number of benzene rings is 1. The predicted octanol–water partition coefficient (Wildman–Crippen LogP) is -0.388. The normalized spacial score (nSPS) is 22.2. The maximum Gasteiger partial charge on any atom is 0.209 e. The molecular weight excluding hydrogens is 312 g/mol. The van der Waals surface area contributed by atoms with Crippen molar-refractivity contribution in [3.63, 3.8) is 0 Å². The standard InChI is InChI=1S/C19H30N6/c1-4-23-10-12-24(13-11-23)18(14-16(2)3)19-20-21-22-25(19)15-17-8-6-5-7-9-17/h5-9,16,18H,4,10-15H2,1-3H3/p+2/t18-/m1/s1. The molecule has 1 saturated heterocycles. The molecule has 1 aliphatic rings. The zero-order valence-electron chi connectivity index (χ0n) is 15.8. The molecule has 2 heterocycles. The molecule has 0 aliphatic carbocycles. The van der Waals surface area contributed by atoms with E-state index in [0.29, 0.717) is 12.0 Å². The van der Waals surface area contributed by atoms with Gasteiger partial charge in [-0.1, -0.05) is 44.2 Å². The van der Waals surface area contributed by atoms with Crippen LogP contribution in [0.4, 0.5) is 0 Å². The van der Waals surface area contributed by atoms with Gasteiger partial charge >= 0.3 is 0 Å². The fourth-order valence-electron chi connectivity index (χ4n) is 3.88. The van der Waals surface area contributed by atoms with E-state index in [0.717, 1.165) is 18.8 Å². The summed E-state index contributed by atoms with van der Waals surface area (Å²) in [6.07, 6.45) is 1.13. The first-order valence-corrected chi connectivity index (χ1v) is 9.65. The van der Waals surface area contributed by atoms with Gasteiger partial charge in [-0.2, -0.15) is 0 Å². The van der Waals surface area contributed by atoms with Crippen LogP contribution < -0.4 is 9.80 Å². The Morgan fingerprint density at radius 1 is 1.08 bits per heavy atom. The van der Waals surface area contributed by atoms with Crippen molar-refractivity contribution in [3.05, 3.63) is 41.7 Å². The lowest BCUT2D eigenvalue weighted by molar-refractivity contribution is -1.03. The molecule has 2 N–H and O–H groups in total. The largest absolute Gasteiger partial charge is 0.326 e. The van der Waals surface area contributed by atoms with Gasteiger partial charge in [0.25, 0.3) is 0 Å². The number of hydrogen-bond donors (Lipinski definition) is 2. The molecule has 1 aliphatic heterocycles. The maximum atomic E-state index is 4.45.